The Morgan fingerprint density at radius 2 is 1.12 bits per heavy atom. The minimum absolute atomic E-state index is 0.786. The van der Waals surface area contributed by atoms with Crippen LogP contribution in [-0.2, 0) is 0 Å². The number of piperidine rings is 1. The number of benzene rings is 2. The first-order valence-electron chi connectivity index (χ1n) is 12.5. The summed E-state index contributed by atoms with van der Waals surface area (Å²) in [4.78, 5) is 2.70. The molecule has 1 aromatic heterocycles. The van der Waals surface area contributed by atoms with Crippen molar-refractivity contribution in [3.63, 3.8) is 0 Å². The Morgan fingerprint density at radius 1 is 0.667 bits per heavy atom. The first-order valence-corrected chi connectivity index (χ1v) is 14.1. The van der Waals surface area contributed by atoms with Crippen molar-refractivity contribution in [1.29, 1.82) is 0 Å². The van der Waals surface area contributed by atoms with Gasteiger partial charge in [-0.05, 0) is 78.9 Å². The fraction of sp³-hybridized carbons (Fsp3) is 0.464. The van der Waals surface area contributed by atoms with Crippen LogP contribution in [0.1, 0.15) is 58.8 Å². The molecule has 2 aromatic carbocycles. The molecular formula is C28H36NO2S2+. The molecule has 0 aliphatic carbocycles. The van der Waals surface area contributed by atoms with Gasteiger partial charge in [-0.3, -0.25) is 0 Å². The molecule has 0 atom stereocenters. The lowest BCUT2D eigenvalue weighted by Crippen LogP contribution is -2.31. The van der Waals surface area contributed by atoms with E-state index >= 15 is 0 Å². The number of hydrogen-bond acceptors (Lipinski definition) is 4. The minimum Gasteiger partial charge on any atom is -0.494 e. The summed E-state index contributed by atoms with van der Waals surface area (Å²) in [5, 5.41) is 0. The minimum atomic E-state index is 0.786. The quantitative estimate of drug-likeness (QED) is 0.221. The van der Waals surface area contributed by atoms with Gasteiger partial charge in [0.15, 0.2) is 0 Å². The molecule has 0 radical (unpaired) electrons. The molecule has 1 fully saturated rings. The smallest absolute Gasteiger partial charge is 0.315 e. The molecule has 2 heterocycles. The lowest BCUT2D eigenvalue weighted by molar-refractivity contribution is 0.309. The van der Waals surface area contributed by atoms with Gasteiger partial charge in [0.1, 0.15) is 24.6 Å². The molecule has 0 bridgehead atoms. The summed E-state index contributed by atoms with van der Waals surface area (Å²) in [6.07, 6.45) is 8.43. The Labute approximate surface area is 206 Å². The third-order valence-corrected chi connectivity index (χ3v) is 8.75. The zero-order chi connectivity index (χ0) is 22.9. The number of ether oxygens (including phenoxy) is 2. The summed E-state index contributed by atoms with van der Waals surface area (Å²) in [7, 11) is 0. The van der Waals surface area contributed by atoms with Crippen LogP contribution in [0.3, 0.4) is 0 Å². The van der Waals surface area contributed by atoms with Crippen LogP contribution in [0.15, 0.2) is 48.5 Å². The molecule has 0 unspecified atom stereocenters. The molecule has 1 saturated heterocycles. The fourth-order valence-corrected chi connectivity index (χ4v) is 6.77. The average Bonchev–Trinajstić information content (AvgIpc) is 3.31. The molecule has 33 heavy (non-hydrogen) atoms. The predicted octanol–water partition coefficient (Wildman–Crippen LogP) is 7.46. The van der Waals surface area contributed by atoms with Crippen molar-refractivity contribution >= 4 is 22.7 Å². The summed E-state index contributed by atoms with van der Waals surface area (Å²) < 4.78 is 15.8. The number of hydrogen-bond donors (Lipinski definition) is 0. The third kappa shape index (κ3) is 6.48. The highest BCUT2D eigenvalue weighted by Gasteiger charge is 2.19. The zero-order valence-corrected chi connectivity index (χ0v) is 21.6. The molecule has 1 aliphatic heterocycles. The van der Waals surface area contributed by atoms with Crippen LogP contribution in [-0.4, -0.2) is 26.3 Å². The summed E-state index contributed by atoms with van der Waals surface area (Å²) in [6.45, 7) is 8.29. The second-order valence-electron chi connectivity index (χ2n) is 8.63. The van der Waals surface area contributed by atoms with Gasteiger partial charge in [-0.15, -0.1) is 0 Å². The molecule has 1 aliphatic rings. The fourth-order valence-electron chi connectivity index (χ4n) is 3.95. The highest BCUT2D eigenvalue weighted by molar-refractivity contribution is 7.32. The molecule has 0 saturated carbocycles. The van der Waals surface area contributed by atoms with E-state index in [9.17, 15) is 0 Å². The second-order valence-corrected chi connectivity index (χ2v) is 10.9. The van der Waals surface area contributed by atoms with Gasteiger partial charge in [0.2, 0.25) is 0 Å². The molecular weight excluding hydrogens is 446 g/mol. The lowest BCUT2D eigenvalue weighted by Gasteiger charge is -2.08. The van der Waals surface area contributed by atoms with Crippen molar-refractivity contribution < 1.29 is 9.47 Å². The maximum atomic E-state index is 5.89. The SMILES string of the molecule is CCCCOc1ccc(-c2sc(=[N+]3CCCCC3)sc2-c2ccc(OCCCC)cc2)cc1. The van der Waals surface area contributed by atoms with Gasteiger partial charge in [0.05, 0.1) is 23.0 Å². The highest BCUT2D eigenvalue weighted by Crippen LogP contribution is 2.38. The Bertz CT molecular complexity index is 983. The van der Waals surface area contributed by atoms with Crippen molar-refractivity contribution in [2.75, 3.05) is 26.3 Å². The van der Waals surface area contributed by atoms with Crippen LogP contribution in [0, 0.1) is 0 Å². The van der Waals surface area contributed by atoms with E-state index in [1.807, 2.05) is 22.7 Å². The standard InChI is InChI=1S/C28H36NO2S2/c1-3-5-20-30-24-14-10-22(11-15-24)26-27(33-28(32-26)29-18-8-7-9-19-29)23-12-16-25(17-13-23)31-21-6-4-2/h10-17H,3-9,18-21H2,1-2H3/q+1. The van der Waals surface area contributed by atoms with Crippen LogP contribution >= 0.6 is 22.7 Å². The first kappa shape index (κ1) is 24.0. The van der Waals surface area contributed by atoms with Crippen molar-refractivity contribution in [2.24, 2.45) is 0 Å². The predicted molar refractivity (Wildman–Crippen MR) is 143 cm³/mol. The summed E-state index contributed by atoms with van der Waals surface area (Å²) in [5.41, 5.74) is 2.53. The summed E-state index contributed by atoms with van der Waals surface area (Å²) in [6, 6.07) is 17.3. The average molecular weight is 483 g/mol. The lowest BCUT2D eigenvalue weighted by atomic mass is 10.1. The van der Waals surface area contributed by atoms with E-state index in [-0.39, 0.29) is 0 Å². The normalized spacial score (nSPS) is 13.8. The van der Waals surface area contributed by atoms with Crippen LogP contribution in [0.4, 0.5) is 0 Å². The molecule has 0 N–H and O–H groups in total. The van der Waals surface area contributed by atoms with Gasteiger partial charge in [0, 0.05) is 12.8 Å². The Balaban J connectivity index is 1.65. The maximum absolute atomic E-state index is 5.89. The highest BCUT2D eigenvalue weighted by atomic mass is 32.2. The number of unbranched alkanes of at least 4 members (excludes halogenated alkanes) is 2. The topological polar surface area (TPSA) is 21.5 Å². The van der Waals surface area contributed by atoms with E-state index in [4.69, 9.17) is 9.47 Å². The molecule has 0 spiro atoms. The Kier molecular flexibility index (Phi) is 9.01. The van der Waals surface area contributed by atoms with Gasteiger partial charge in [-0.25, -0.2) is 4.58 Å². The molecule has 176 valence electrons. The van der Waals surface area contributed by atoms with Crippen molar-refractivity contribution in [3.05, 3.63) is 52.5 Å². The summed E-state index contributed by atoms with van der Waals surface area (Å²) >= 11 is 3.87. The molecule has 4 rings (SSSR count). The third-order valence-electron chi connectivity index (χ3n) is 5.97. The van der Waals surface area contributed by atoms with Crippen molar-refractivity contribution in [3.8, 4) is 32.4 Å². The van der Waals surface area contributed by atoms with Crippen LogP contribution < -0.4 is 18.0 Å². The Morgan fingerprint density at radius 3 is 1.55 bits per heavy atom. The van der Waals surface area contributed by atoms with E-state index in [2.05, 4.69) is 67.0 Å². The van der Waals surface area contributed by atoms with Crippen LogP contribution in [0.25, 0.3) is 20.9 Å². The molecule has 3 nitrogen and oxygen atoms in total. The number of nitrogens with zero attached hydrogens (tertiary/aromatic N) is 1. The molecule has 0 amide bonds. The van der Waals surface area contributed by atoms with Crippen molar-refractivity contribution in [2.45, 2.75) is 58.8 Å². The first-order chi connectivity index (χ1) is 16.3. The van der Waals surface area contributed by atoms with E-state index in [0.29, 0.717) is 0 Å². The van der Waals surface area contributed by atoms with Crippen LogP contribution in [0.2, 0.25) is 0 Å². The van der Waals surface area contributed by atoms with Gasteiger partial charge in [0.25, 0.3) is 0 Å². The van der Waals surface area contributed by atoms with E-state index in [1.54, 1.807) is 0 Å². The van der Waals surface area contributed by atoms with Gasteiger partial charge < -0.3 is 9.47 Å². The van der Waals surface area contributed by atoms with Crippen LogP contribution in [0.5, 0.6) is 11.5 Å². The monoisotopic (exact) mass is 482 g/mol. The molecule has 5 heteroatoms. The zero-order valence-electron chi connectivity index (χ0n) is 20.0. The molecule has 3 aromatic rings. The number of rotatable bonds is 10. The van der Waals surface area contributed by atoms with Gasteiger partial charge in [-0.2, -0.15) is 0 Å². The Hall–Kier alpha value is -2.11. The second kappa shape index (κ2) is 12.4. The summed E-state index contributed by atoms with van der Waals surface area (Å²) in [5.74, 6) is 1.91. The van der Waals surface area contributed by atoms with E-state index in [1.165, 1.54) is 57.2 Å². The van der Waals surface area contributed by atoms with E-state index in [0.717, 1.165) is 50.4 Å². The van der Waals surface area contributed by atoms with Gasteiger partial charge in [-0.1, -0.05) is 49.4 Å². The van der Waals surface area contributed by atoms with E-state index < -0.39 is 0 Å². The maximum Gasteiger partial charge on any atom is 0.315 e. The van der Waals surface area contributed by atoms with Gasteiger partial charge >= 0.3 is 3.98 Å². The van der Waals surface area contributed by atoms with Crippen molar-refractivity contribution in [1.82, 2.24) is 4.58 Å². The largest absolute Gasteiger partial charge is 0.494 e.